The first-order chi connectivity index (χ1) is 8.84. The summed E-state index contributed by atoms with van der Waals surface area (Å²) < 4.78 is 0. The molecule has 3 heteroatoms. The van der Waals surface area contributed by atoms with Gasteiger partial charge in [0, 0.05) is 0 Å². The van der Waals surface area contributed by atoms with E-state index in [-0.39, 0.29) is 19.8 Å². The summed E-state index contributed by atoms with van der Waals surface area (Å²) in [4.78, 5) is 11.9. The van der Waals surface area contributed by atoms with Crippen LogP contribution in [-0.2, 0) is 6.42 Å². The third kappa shape index (κ3) is 4.36. The third-order valence-electron chi connectivity index (χ3n) is 2.49. The van der Waals surface area contributed by atoms with Crippen molar-refractivity contribution in [3.63, 3.8) is 0 Å². The van der Waals surface area contributed by atoms with Crippen LogP contribution in [0.2, 0.25) is 5.32 Å². The summed E-state index contributed by atoms with van der Waals surface area (Å²) in [5.74, 6) is 0. The quantitative estimate of drug-likeness (QED) is 0.840. The zero-order valence-corrected chi connectivity index (χ0v) is 11.7. The van der Waals surface area contributed by atoms with Crippen LogP contribution in [0.15, 0.2) is 60.7 Å². The van der Waals surface area contributed by atoms with Crippen LogP contribution in [0.25, 0.3) is 0 Å². The van der Waals surface area contributed by atoms with Crippen LogP contribution < -0.4 is 5.32 Å². The van der Waals surface area contributed by atoms with E-state index in [2.05, 4.69) is 17.4 Å². The van der Waals surface area contributed by atoms with Crippen LogP contribution in [0.4, 0.5) is 10.5 Å². The van der Waals surface area contributed by atoms with Crippen molar-refractivity contribution in [3.8, 4) is 0 Å². The second kappa shape index (κ2) is 7.00. The van der Waals surface area contributed by atoms with E-state index in [4.69, 9.17) is 0 Å². The van der Waals surface area contributed by atoms with Crippen molar-refractivity contribution in [2.24, 2.45) is 0 Å². The zero-order chi connectivity index (χ0) is 12.6. The molecule has 1 N–H and O–H groups in total. The van der Waals surface area contributed by atoms with Crippen molar-refractivity contribution >= 4 is 25.4 Å². The molecule has 0 unspecified atom stereocenters. The first-order valence-electron chi connectivity index (χ1n) is 5.87. The number of nitrogens with one attached hydrogen (secondary N) is 1. The van der Waals surface area contributed by atoms with E-state index in [1.54, 1.807) is 0 Å². The van der Waals surface area contributed by atoms with E-state index < -0.39 is 0 Å². The van der Waals surface area contributed by atoms with Gasteiger partial charge in [-0.3, -0.25) is 0 Å². The molecule has 0 radical (unpaired) electrons. The molecule has 0 aliphatic rings. The van der Waals surface area contributed by atoms with Crippen LogP contribution in [0.3, 0.4) is 0 Å². The van der Waals surface area contributed by atoms with Crippen LogP contribution in [-0.4, -0.2) is 19.8 Å². The Morgan fingerprint density at radius 1 is 0.944 bits per heavy atom. The number of anilines is 1. The molecule has 0 bridgehead atoms. The second-order valence-corrected chi connectivity index (χ2v) is 6.10. The Kier molecular flexibility index (Phi) is 5.00. The van der Waals surface area contributed by atoms with Gasteiger partial charge in [0.15, 0.2) is 0 Å². The van der Waals surface area contributed by atoms with Crippen molar-refractivity contribution in [2.45, 2.75) is 11.7 Å². The number of benzene rings is 2. The fraction of sp³-hybridized carbons (Fsp3) is 0.133. The molecule has 18 heavy (non-hydrogen) atoms. The van der Waals surface area contributed by atoms with E-state index in [0.29, 0.717) is 0 Å². The summed E-state index contributed by atoms with van der Waals surface area (Å²) in [6, 6.07) is 19.9. The van der Waals surface area contributed by atoms with E-state index in [9.17, 15) is 4.79 Å². The first-order valence-corrected chi connectivity index (χ1v) is 7.94. The summed E-state index contributed by atoms with van der Waals surface area (Å²) in [5, 5.41) is 3.86. The van der Waals surface area contributed by atoms with E-state index in [1.165, 1.54) is 5.56 Å². The molecule has 0 aliphatic heterocycles. The van der Waals surface area contributed by atoms with Gasteiger partial charge in [0.25, 0.3) is 0 Å². The normalized spacial score (nSPS) is 10.0. The number of aryl methyl sites for hydroxylation is 1. The average Bonchev–Trinajstić information content (AvgIpc) is 2.41. The Morgan fingerprint density at radius 2 is 1.56 bits per heavy atom. The fourth-order valence-corrected chi connectivity index (χ4v) is 3.08. The van der Waals surface area contributed by atoms with Gasteiger partial charge in [0.05, 0.1) is 0 Å². The number of hydrogen-bond acceptors (Lipinski definition) is 1. The molecule has 0 fully saturated rings. The summed E-state index contributed by atoms with van der Waals surface area (Å²) in [6.45, 7) is 0. The maximum atomic E-state index is 11.7. The molecule has 0 heterocycles. The first kappa shape index (κ1) is 12.9. The Morgan fingerprint density at radius 3 is 2.22 bits per heavy atom. The predicted octanol–water partition coefficient (Wildman–Crippen LogP) is 3.58. The Labute approximate surface area is 114 Å². The van der Waals surface area contributed by atoms with Gasteiger partial charge in [-0.05, 0) is 0 Å². The third-order valence-corrected chi connectivity index (χ3v) is 4.11. The van der Waals surface area contributed by atoms with E-state index >= 15 is 0 Å². The standard InChI is InChI=1S/C15H15NOSe/c17-15(16-14-9-5-2-6-10-14)18-12-11-13-7-3-1-4-8-13/h1-10H,11-12H2,(H,16,17). The van der Waals surface area contributed by atoms with Gasteiger partial charge >= 0.3 is 114 Å². The van der Waals surface area contributed by atoms with Crippen molar-refractivity contribution < 1.29 is 4.79 Å². The second-order valence-electron chi connectivity index (χ2n) is 3.86. The SMILES string of the molecule is O=C(Nc1ccccc1)[Se]CCc1ccccc1. The van der Waals surface area contributed by atoms with Gasteiger partial charge in [-0.2, -0.15) is 0 Å². The van der Waals surface area contributed by atoms with Crippen LogP contribution in [0, 0.1) is 0 Å². The molecule has 2 aromatic rings. The summed E-state index contributed by atoms with van der Waals surface area (Å²) in [5.41, 5.74) is 2.18. The molecule has 0 spiro atoms. The molecule has 0 saturated carbocycles. The number of amides is 1. The van der Waals surface area contributed by atoms with Gasteiger partial charge in [0.2, 0.25) is 0 Å². The van der Waals surface area contributed by atoms with Crippen molar-refractivity contribution in [3.05, 3.63) is 66.2 Å². The monoisotopic (exact) mass is 305 g/mol. The van der Waals surface area contributed by atoms with Gasteiger partial charge in [-0.25, -0.2) is 0 Å². The summed E-state index contributed by atoms with van der Waals surface area (Å²) in [6.07, 6.45) is 0.975. The van der Waals surface area contributed by atoms with Gasteiger partial charge in [-0.1, -0.05) is 0 Å². The summed E-state index contributed by atoms with van der Waals surface area (Å²) in [7, 11) is 0. The minimum atomic E-state index is -0.00825. The fourth-order valence-electron chi connectivity index (χ4n) is 1.58. The molecule has 0 saturated heterocycles. The van der Waals surface area contributed by atoms with Gasteiger partial charge < -0.3 is 0 Å². The van der Waals surface area contributed by atoms with Crippen molar-refractivity contribution in [1.29, 1.82) is 0 Å². The molecular weight excluding hydrogens is 289 g/mol. The Balaban J connectivity index is 1.73. The molecule has 2 rings (SSSR count). The minimum absolute atomic E-state index is 0.00825. The van der Waals surface area contributed by atoms with Crippen LogP contribution in [0.1, 0.15) is 5.56 Å². The number of hydrogen-bond donors (Lipinski definition) is 1. The van der Waals surface area contributed by atoms with E-state index in [0.717, 1.165) is 17.4 Å². The molecule has 1 amide bonds. The summed E-state index contributed by atoms with van der Waals surface area (Å²) >= 11 is -0.00825. The number of para-hydroxylation sites is 1. The van der Waals surface area contributed by atoms with Crippen molar-refractivity contribution in [1.82, 2.24) is 0 Å². The maximum absolute atomic E-state index is 11.7. The number of carbonyl (C=O) groups excluding carboxylic acids is 1. The number of rotatable bonds is 5. The number of carbonyl (C=O) groups is 1. The zero-order valence-electron chi connectivity index (χ0n) is 10.0. The molecule has 2 aromatic carbocycles. The van der Waals surface area contributed by atoms with Crippen LogP contribution in [0.5, 0.6) is 0 Å². The molecule has 92 valence electrons. The average molecular weight is 304 g/mol. The van der Waals surface area contributed by atoms with Gasteiger partial charge in [0.1, 0.15) is 0 Å². The van der Waals surface area contributed by atoms with Gasteiger partial charge in [-0.15, -0.1) is 0 Å². The Bertz CT molecular complexity index is 484. The molecular formula is C15H15NOSe. The topological polar surface area (TPSA) is 29.1 Å². The predicted molar refractivity (Wildman–Crippen MR) is 76.2 cm³/mol. The molecule has 0 atom stereocenters. The van der Waals surface area contributed by atoms with E-state index in [1.807, 2.05) is 48.5 Å². The Hall–Kier alpha value is -1.57. The van der Waals surface area contributed by atoms with Crippen LogP contribution >= 0.6 is 0 Å². The molecule has 0 aromatic heterocycles. The van der Waals surface area contributed by atoms with Crippen molar-refractivity contribution in [2.75, 3.05) is 5.32 Å². The molecule has 2 nitrogen and oxygen atoms in total. The molecule has 0 aliphatic carbocycles.